The van der Waals surface area contributed by atoms with Crippen molar-refractivity contribution in [2.75, 3.05) is 19.8 Å². The van der Waals surface area contributed by atoms with Crippen molar-refractivity contribution in [1.29, 1.82) is 0 Å². The number of nitrogens with zero attached hydrogens (tertiary/aromatic N) is 1. The molecule has 1 amide bonds. The molecule has 0 aromatic rings. The third kappa shape index (κ3) is 5.04. The van der Waals surface area contributed by atoms with Gasteiger partial charge in [0.2, 0.25) is 5.91 Å². The molecule has 1 unspecified atom stereocenters. The van der Waals surface area contributed by atoms with Crippen molar-refractivity contribution in [1.82, 2.24) is 4.90 Å². The molecular formula is C13H23NO4. The number of ether oxygens (including phenoxy) is 1. The van der Waals surface area contributed by atoms with Gasteiger partial charge in [0.05, 0.1) is 19.4 Å². The molecule has 0 spiro atoms. The molecule has 104 valence electrons. The van der Waals surface area contributed by atoms with Gasteiger partial charge >= 0.3 is 5.97 Å². The van der Waals surface area contributed by atoms with E-state index in [9.17, 15) is 9.59 Å². The van der Waals surface area contributed by atoms with E-state index in [1.807, 2.05) is 6.92 Å². The number of amides is 1. The van der Waals surface area contributed by atoms with Gasteiger partial charge in [-0.15, -0.1) is 0 Å². The van der Waals surface area contributed by atoms with Gasteiger partial charge in [-0.1, -0.05) is 6.92 Å². The van der Waals surface area contributed by atoms with E-state index in [1.165, 1.54) is 0 Å². The fraction of sp³-hybridized carbons (Fsp3) is 0.846. The van der Waals surface area contributed by atoms with Crippen LogP contribution in [0.3, 0.4) is 0 Å². The van der Waals surface area contributed by atoms with E-state index < -0.39 is 5.97 Å². The Labute approximate surface area is 108 Å². The lowest BCUT2D eigenvalue weighted by atomic mass is 9.99. The van der Waals surface area contributed by atoms with E-state index in [0.29, 0.717) is 26.2 Å². The second-order valence-corrected chi connectivity index (χ2v) is 4.70. The fourth-order valence-corrected chi connectivity index (χ4v) is 2.29. The highest BCUT2D eigenvalue weighted by molar-refractivity contribution is 5.77. The van der Waals surface area contributed by atoms with Crippen LogP contribution in [0.1, 0.15) is 45.4 Å². The van der Waals surface area contributed by atoms with E-state index >= 15 is 0 Å². The molecule has 0 bridgehead atoms. The summed E-state index contributed by atoms with van der Waals surface area (Å²) in [5, 5.41) is 8.85. The lowest BCUT2D eigenvalue weighted by Crippen LogP contribution is -2.45. The second kappa shape index (κ2) is 8.08. The molecule has 0 saturated carbocycles. The van der Waals surface area contributed by atoms with Crippen LogP contribution in [0, 0.1) is 0 Å². The summed E-state index contributed by atoms with van der Waals surface area (Å²) in [5.41, 5.74) is 0. The highest BCUT2D eigenvalue weighted by atomic mass is 16.5. The largest absolute Gasteiger partial charge is 0.481 e. The summed E-state index contributed by atoms with van der Waals surface area (Å²) in [6.45, 7) is 3.81. The van der Waals surface area contributed by atoms with Gasteiger partial charge in [0.15, 0.2) is 0 Å². The van der Waals surface area contributed by atoms with E-state index in [2.05, 4.69) is 0 Å². The first-order valence-electron chi connectivity index (χ1n) is 6.74. The molecule has 1 fully saturated rings. The molecule has 0 aromatic carbocycles. The first-order valence-corrected chi connectivity index (χ1v) is 6.74. The first-order chi connectivity index (χ1) is 8.65. The summed E-state index contributed by atoms with van der Waals surface area (Å²) in [5.74, 6) is -0.806. The molecule has 1 rings (SSSR count). The van der Waals surface area contributed by atoms with Gasteiger partial charge in [-0.2, -0.15) is 0 Å². The van der Waals surface area contributed by atoms with Gasteiger partial charge in [-0.3, -0.25) is 9.59 Å². The Balaban J connectivity index is 2.39. The van der Waals surface area contributed by atoms with Crippen molar-refractivity contribution < 1.29 is 19.4 Å². The van der Waals surface area contributed by atoms with Crippen molar-refractivity contribution >= 4 is 11.9 Å². The first kappa shape index (κ1) is 15.0. The molecule has 5 heteroatoms. The van der Waals surface area contributed by atoms with Crippen molar-refractivity contribution in [2.45, 2.75) is 51.5 Å². The number of carboxylic acid groups (broad SMARTS) is 1. The van der Waals surface area contributed by atoms with Crippen LogP contribution in [0.2, 0.25) is 0 Å². The van der Waals surface area contributed by atoms with Gasteiger partial charge in [-0.25, -0.2) is 0 Å². The minimum atomic E-state index is -0.832. The summed E-state index contributed by atoms with van der Waals surface area (Å²) in [7, 11) is 0. The molecule has 1 saturated heterocycles. The average molecular weight is 257 g/mol. The lowest BCUT2D eigenvalue weighted by Gasteiger charge is -2.35. The van der Waals surface area contributed by atoms with Crippen molar-refractivity contribution in [3.05, 3.63) is 0 Å². The predicted molar refractivity (Wildman–Crippen MR) is 67.3 cm³/mol. The van der Waals surface area contributed by atoms with Crippen LogP contribution in [0.25, 0.3) is 0 Å². The van der Waals surface area contributed by atoms with Gasteiger partial charge in [0, 0.05) is 19.2 Å². The molecule has 0 aromatic heterocycles. The standard InChI is InChI=1S/C13H23NO4/c1-2-8-18-9-6-12(15)14-7-4-3-5-11(14)10-13(16)17/h11H,2-10H2,1H3,(H,16,17). The summed E-state index contributed by atoms with van der Waals surface area (Å²) in [4.78, 5) is 24.5. The van der Waals surface area contributed by atoms with Crippen LogP contribution >= 0.6 is 0 Å². The Hall–Kier alpha value is -1.10. The zero-order valence-electron chi connectivity index (χ0n) is 11.1. The topological polar surface area (TPSA) is 66.8 Å². The minimum absolute atomic E-state index is 0.0250. The summed E-state index contributed by atoms with van der Waals surface area (Å²) >= 11 is 0. The molecule has 5 nitrogen and oxygen atoms in total. The molecule has 0 aliphatic carbocycles. The normalized spacial score (nSPS) is 19.8. The highest BCUT2D eigenvalue weighted by Crippen LogP contribution is 2.20. The van der Waals surface area contributed by atoms with Crippen molar-refractivity contribution in [3.63, 3.8) is 0 Å². The number of rotatable bonds is 7. The van der Waals surface area contributed by atoms with Gasteiger partial charge in [-0.05, 0) is 25.7 Å². The van der Waals surface area contributed by atoms with E-state index in [-0.39, 0.29) is 18.4 Å². The maximum Gasteiger partial charge on any atom is 0.305 e. The molecule has 1 aliphatic heterocycles. The Morgan fingerprint density at radius 3 is 2.78 bits per heavy atom. The Bertz CT molecular complexity index is 280. The fourth-order valence-electron chi connectivity index (χ4n) is 2.29. The number of carbonyl (C=O) groups excluding carboxylic acids is 1. The highest BCUT2D eigenvalue weighted by Gasteiger charge is 2.27. The number of aliphatic carboxylic acids is 1. The monoisotopic (exact) mass is 257 g/mol. The summed E-state index contributed by atoms with van der Waals surface area (Å²) in [6, 6.07) is -0.130. The van der Waals surface area contributed by atoms with Crippen molar-refractivity contribution in [2.24, 2.45) is 0 Å². The Morgan fingerprint density at radius 2 is 2.11 bits per heavy atom. The number of likely N-dealkylation sites (tertiary alicyclic amines) is 1. The van der Waals surface area contributed by atoms with Crippen molar-refractivity contribution in [3.8, 4) is 0 Å². The quantitative estimate of drug-likeness (QED) is 0.704. The third-order valence-corrected chi connectivity index (χ3v) is 3.17. The van der Waals surface area contributed by atoms with Crippen LogP contribution in [0.15, 0.2) is 0 Å². The average Bonchev–Trinajstić information content (AvgIpc) is 2.34. The van der Waals surface area contributed by atoms with Gasteiger partial charge in [0.1, 0.15) is 0 Å². The molecule has 0 radical (unpaired) electrons. The van der Waals surface area contributed by atoms with Crippen LogP contribution in [0.5, 0.6) is 0 Å². The Kier molecular flexibility index (Phi) is 6.72. The van der Waals surface area contributed by atoms with E-state index in [0.717, 1.165) is 25.7 Å². The smallest absolute Gasteiger partial charge is 0.305 e. The predicted octanol–water partition coefficient (Wildman–Crippen LogP) is 1.66. The Morgan fingerprint density at radius 1 is 1.33 bits per heavy atom. The van der Waals surface area contributed by atoms with Gasteiger partial charge in [0.25, 0.3) is 0 Å². The van der Waals surface area contributed by atoms with Crippen LogP contribution < -0.4 is 0 Å². The SMILES string of the molecule is CCCOCCC(=O)N1CCCCC1CC(=O)O. The zero-order chi connectivity index (χ0) is 13.4. The van der Waals surface area contributed by atoms with Gasteiger partial charge < -0.3 is 14.7 Å². The summed E-state index contributed by atoms with van der Waals surface area (Å²) < 4.78 is 5.30. The second-order valence-electron chi connectivity index (χ2n) is 4.70. The minimum Gasteiger partial charge on any atom is -0.481 e. The molecule has 1 aliphatic rings. The number of piperidine rings is 1. The zero-order valence-corrected chi connectivity index (χ0v) is 11.1. The molecule has 1 heterocycles. The van der Waals surface area contributed by atoms with E-state index in [4.69, 9.17) is 9.84 Å². The van der Waals surface area contributed by atoms with E-state index in [1.54, 1.807) is 4.90 Å². The summed E-state index contributed by atoms with van der Waals surface area (Å²) in [6.07, 6.45) is 4.14. The molecule has 1 N–H and O–H groups in total. The maximum atomic E-state index is 12.0. The molecule has 18 heavy (non-hydrogen) atoms. The number of carboxylic acids is 1. The van der Waals surface area contributed by atoms with Crippen LogP contribution in [-0.4, -0.2) is 47.7 Å². The van der Waals surface area contributed by atoms with Crippen LogP contribution in [0.4, 0.5) is 0 Å². The molecular weight excluding hydrogens is 234 g/mol. The maximum absolute atomic E-state index is 12.0. The number of hydrogen-bond acceptors (Lipinski definition) is 3. The number of carbonyl (C=O) groups is 2. The third-order valence-electron chi connectivity index (χ3n) is 3.17. The number of hydrogen-bond donors (Lipinski definition) is 1. The lowest BCUT2D eigenvalue weighted by molar-refractivity contribution is -0.142. The van der Waals surface area contributed by atoms with Crippen LogP contribution in [-0.2, 0) is 14.3 Å². The molecule has 1 atom stereocenters.